The number of ether oxygens (including phenoxy) is 1. The highest BCUT2D eigenvalue weighted by molar-refractivity contribution is 5.78. The Hall–Kier alpha value is -1.62. The van der Waals surface area contributed by atoms with Crippen molar-refractivity contribution in [3.05, 3.63) is 24.0 Å². The molecule has 2 aromatic rings. The van der Waals surface area contributed by atoms with Crippen molar-refractivity contribution >= 4 is 17.0 Å². The maximum atomic E-state index is 13.0. The molecule has 1 aromatic carbocycles. The Bertz CT molecular complexity index is 495. The van der Waals surface area contributed by atoms with E-state index in [0.717, 1.165) is 5.52 Å². The molecule has 0 atom stereocenters. The molecule has 0 bridgehead atoms. The predicted molar refractivity (Wildman–Crippen MR) is 60.6 cm³/mol. The molecule has 1 heterocycles. The molecular weight excluding hydrogens is 209 g/mol. The lowest BCUT2D eigenvalue weighted by molar-refractivity contribution is 0.140. The minimum absolute atomic E-state index is 0.304. The van der Waals surface area contributed by atoms with Gasteiger partial charge < -0.3 is 15.0 Å². The zero-order valence-corrected chi connectivity index (χ0v) is 9.11. The van der Waals surface area contributed by atoms with Gasteiger partial charge in [-0.1, -0.05) is 0 Å². The van der Waals surface area contributed by atoms with E-state index in [1.807, 2.05) is 11.5 Å². The Balaban J connectivity index is 2.32. The number of fused-ring (bicyclic) bond motifs is 1. The Morgan fingerprint density at radius 2 is 2.31 bits per heavy atom. The Morgan fingerprint density at radius 3 is 3.06 bits per heavy atom. The summed E-state index contributed by atoms with van der Waals surface area (Å²) in [5, 5.41) is 0. The molecule has 0 amide bonds. The molecule has 16 heavy (non-hydrogen) atoms. The fourth-order valence-corrected chi connectivity index (χ4v) is 1.66. The molecule has 0 radical (unpaired) electrons. The number of halogens is 1. The molecule has 0 aliphatic rings. The molecule has 2 N–H and O–H groups in total. The van der Waals surface area contributed by atoms with Gasteiger partial charge in [0.05, 0.1) is 17.6 Å². The third-order valence-corrected chi connectivity index (χ3v) is 2.40. The predicted octanol–water partition coefficient (Wildman–Crippen LogP) is 1.79. The minimum atomic E-state index is -0.304. The zero-order chi connectivity index (χ0) is 11.5. The number of hydrogen-bond acceptors (Lipinski definition) is 3. The normalized spacial score (nSPS) is 11.1. The van der Waals surface area contributed by atoms with Crippen molar-refractivity contribution in [3.63, 3.8) is 0 Å². The Labute approximate surface area is 92.8 Å². The first-order valence-electron chi connectivity index (χ1n) is 5.21. The molecule has 0 aliphatic heterocycles. The van der Waals surface area contributed by atoms with Crippen LogP contribution in [0, 0.1) is 5.82 Å². The van der Waals surface area contributed by atoms with Gasteiger partial charge in [0.25, 0.3) is 0 Å². The first-order valence-corrected chi connectivity index (χ1v) is 5.21. The number of rotatable bonds is 4. The highest BCUT2D eigenvalue weighted by Gasteiger charge is 2.08. The number of benzene rings is 1. The third-order valence-electron chi connectivity index (χ3n) is 2.40. The smallest absolute Gasteiger partial charge is 0.201 e. The largest absolute Gasteiger partial charge is 0.380 e. The molecule has 1 aromatic heterocycles. The van der Waals surface area contributed by atoms with Crippen LogP contribution in [0.25, 0.3) is 11.0 Å². The molecule has 2 rings (SSSR count). The van der Waals surface area contributed by atoms with Crippen LogP contribution < -0.4 is 5.73 Å². The van der Waals surface area contributed by atoms with E-state index < -0.39 is 0 Å². The summed E-state index contributed by atoms with van der Waals surface area (Å²) in [6, 6.07) is 4.46. The average Bonchev–Trinajstić information content (AvgIpc) is 2.55. The van der Waals surface area contributed by atoms with Gasteiger partial charge in [-0.3, -0.25) is 0 Å². The summed E-state index contributed by atoms with van der Waals surface area (Å²) in [5.41, 5.74) is 7.17. The van der Waals surface area contributed by atoms with Gasteiger partial charge >= 0.3 is 0 Å². The van der Waals surface area contributed by atoms with Crippen molar-refractivity contribution in [1.29, 1.82) is 0 Å². The van der Waals surface area contributed by atoms with Gasteiger partial charge in [0.1, 0.15) is 5.82 Å². The molecule has 5 heteroatoms. The lowest BCUT2D eigenvalue weighted by Crippen LogP contribution is -2.08. The van der Waals surface area contributed by atoms with Crippen molar-refractivity contribution < 1.29 is 9.13 Å². The Morgan fingerprint density at radius 1 is 1.50 bits per heavy atom. The fourth-order valence-electron chi connectivity index (χ4n) is 1.66. The van der Waals surface area contributed by atoms with Gasteiger partial charge in [-0.15, -0.1) is 0 Å². The van der Waals surface area contributed by atoms with E-state index in [2.05, 4.69) is 4.98 Å². The standard InChI is InChI=1S/C11H14FN3O/c1-2-16-6-5-15-10-4-3-8(12)7-9(10)14-11(15)13/h3-4,7H,2,5-6H2,1H3,(H2,13,14). The zero-order valence-electron chi connectivity index (χ0n) is 9.11. The van der Waals surface area contributed by atoms with Crippen molar-refractivity contribution in [1.82, 2.24) is 9.55 Å². The van der Waals surface area contributed by atoms with Gasteiger partial charge in [-0.2, -0.15) is 0 Å². The minimum Gasteiger partial charge on any atom is -0.380 e. The summed E-state index contributed by atoms with van der Waals surface area (Å²) in [6.45, 7) is 3.80. The summed E-state index contributed by atoms with van der Waals surface area (Å²) >= 11 is 0. The topological polar surface area (TPSA) is 53.1 Å². The van der Waals surface area contributed by atoms with Crippen molar-refractivity contribution in [2.24, 2.45) is 0 Å². The maximum Gasteiger partial charge on any atom is 0.201 e. The first kappa shape index (κ1) is 10.9. The van der Waals surface area contributed by atoms with Crippen LogP contribution in [-0.4, -0.2) is 22.8 Å². The van der Waals surface area contributed by atoms with Crippen LogP contribution >= 0.6 is 0 Å². The molecule has 0 saturated carbocycles. The quantitative estimate of drug-likeness (QED) is 0.804. The van der Waals surface area contributed by atoms with Crippen LogP contribution in [-0.2, 0) is 11.3 Å². The van der Waals surface area contributed by atoms with Gasteiger partial charge in [-0.25, -0.2) is 9.37 Å². The first-order chi connectivity index (χ1) is 7.72. The molecule has 0 spiro atoms. The third kappa shape index (κ3) is 1.99. The highest BCUT2D eigenvalue weighted by Crippen LogP contribution is 2.18. The van der Waals surface area contributed by atoms with E-state index in [0.29, 0.717) is 31.2 Å². The second kappa shape index (κ2) is 4.49. The van der Waals surface area contributed by atoms with E-state index >= 15 is 0 Å². The second-order valence-corrected chi connectivity index (χ2v) is 3.45. The van der Waals surface area contributed by atoms with Crippen molar-refractivity contribution in [3.8, 4) is 0 Å². The molecule has 0 unspecified atom stereocenters. The number of nitrogens with two attached hydrogens (primary N) is 1. The molecule has 0 fully saturated rings. The van der Waals surface area contributed by atoms with Crippen LogP contribution in [0.2, 0.25) is 0 Å². The lowest BCUT2D eigenvalue weighted by Gasteiger charge is -2.05. The van der Waals surface area contributed by atoms with Gasteiger partial charge in [-0.05, 0) is 19.1 Å². The number of anilines is 1. The van der Waals surface area contributed by atoms with E-state index in [1.165, 1.54) is 12.1 Å². The van der Waals surface area contributed by atoms with E-state index in [-0.39, 0.29) is 5.82 Å². The second-order valence-electron chi connectivity index (χ2n) is 3.45. The van der Waals surface area contributed by atoms with Crippen molar-refractivity contribution in [2.75, 3.05) is 18.9 Å². The van der Waals surface area contributed by atoms with Crippen LogP contribution in [0.4, 0.5) is 10.3 Å². The Kier molecular flexibility index (Phi) is 3.05. The fraction of sp³-hybridized carbons (Fsp3) is 0.364. The SMILES string of the molecule is CCOCCn1c(N)nc2cc(F)ccc21. The number of imidazole rings is 1. The van der Waals surface area contributed by atoms with Gasteiger partial charge in [0.2, 0.25) is 5.95 Å². The van der Waals surface area contributed by atoms with Crippen LogP contribution in [0.1, 0.15) is 6.92 Å². The summed E-state index contributed by atoms with van der Waals surface area (Å²) in [6.07, 6.45) is 0. The van der Waals surface area contributed by atoms with Crippen molar-refractivity contribution in [2.45, 2.75) is 13.5 Å². The van der Waals surface area contributed by atoms with E-state index in [4.69, 9.17) is 10.5 Å². The maximum absolute atomic E-state index is 13.0. The summed E-state index contributed by atoms with van der Waals surface area (Å²) in [5.74, 6) is 0.0854. The van der Waals surface area contributed by atoms with Gasteiger partial charge in [0.15, 0.2) is 0 Å². The molecule has 0 saturated heterocycles. The summed E-state index contributed by atoms with van der Waals surface area (Å²) < 4.78 is 20.0. The number of nitrogens with zero attached hydrogens (tertiary/aromatic N) is 2. The average molecular weight is 223 g/mol. The number of hydrogen-bond donors (Lipinski definition) is 1. The molecule has 4 nitrogen and oxygen atoms in total. The molecule has 0 aliphatic carbocycles. The van der Waals surface area contributed by atoms with Crippen LogP contribution in [0.15, 0.2) is 18.2 Å². The molecule has 86 valence electrons. The monoisotopic (exact) mass is 223 g/mol. The highest BCUT2D eigenvalue weighted by atomic mass is 19.1. The summed E-state index contributed by atoms with van der Waals surface area (Å²) in [7, 11) is 0. The number of nitrogen functional groups attached to an aromatic ring is 1. The molecular formula is C11H14FN3O. The van der Waals surface area contributed by atoms with E-state index in [1.54, 1.807) is 6.07 Å². The number of aromatic nitrogens is 2. The van der Waals surface area contributed by atoms with Crippen LogP contribution in [0.3, 0.4) is 0 Å². The van der Waals surface area contributed by atoms with E-state index in [9.17, 15) is 4.39 Å². The lowest BCUT2D eigenvalue weighted by atomic mass is 10.3. The van der Waals surface area contributed by atoms with Crippen LogP contribution in [0.5, 0.6) is 0 Å². The van der Waals surface area contributed by atoms with Gasteiger partial charge in [0, 0.05) is 19.2 Å². The summed E-state index contributed by atoms with van der Waals surface area (Å²) in [4.78, 5) is 4.10.